The minimum Gasteiger partial charge on any atom is -0.384 e. The van der Waals surface area contributed by atoms with Gasteiger partial charge in [0.2, 0.25) is 0 Å². The fraction of sp³-hybridized carbons (Fsp3) is 1.00. The molecule has 0 bridgehead atoms. The smallest absolute Gasteiger partial charge is 0.0502 e. The second kappa shape index (κ2) is 5.71. The van der Waals surface area contributed by atoms with Crippen LogP contribution >= 0.6 is 11.8 Å². The summed E-state index contributed by atoms with van der Waals surface area (Å²) in [5.74, 6) is 3.22. The Labute approximate surface area is 103 Å². The van der Waals surface area contributed by atoms with Crippen molar-refractivity contribution in [1.29, 1.82) is 0 Å². The molecule has 4 heteroatoms. The van der Waals surface area contributed by atoms with Crippen LogP contribution in [0, 0.1) is 5.92 Å². The molecule has 2 aliphatic heterocycles. The average molecular weight is 244 g/mol. The quantitative estimate of drug-likeness (QED) is 0.806. The van der Waals surface area contributed by atoms with E-state index in [0.29, 0.717) is 11.5 Å². The van der Waals surface area contributed by atoms with Crippen LogP contribution in [0.4, 0.5) is 0 Å². The van der Waals surface area contributed by atoms with Gasteiger partial charge in [0.25, 0.3) is 0 Å². The van der Waals surface area contributed by atoms with E-state index in [9.17, 15) is 0 Å². The van der Waals surface area contributed by atoms with Crippen molar-refractivity contribution in [3.05, 3.63) is 0 Å². The molecule has 3 nitrogen and oxygen atoms in total. The summed E-state index contributed by atoms with van der Waals surface area (Å²) in [6.07, 6.45) is 3.90. The first-order valence-electron chi connectivity index (χ1n) is 6.32. The van der Waals surface area contributed by atoms with Crippen LogP contribution in [0.25, 0.3) is 0 Å². The largest absolute Gasteiger partial charge is 0.384 e. The zero-order valence-corrected chi connectivity index (χ0v) is 11.1. The second-order valence-electron chi connectivity index (χ2n) is 5.14. The molecule has 2 N–H and O–H groups in total. The van der Waals surface area contributed by atoms with Gasteiger partial charge in [0.05, 0.1) is 6.61 Å². The van der Waals surface area contributed by atoms with Gasteiger partial charge in [-0.05, 0) is 37.5 Å². The van der Waals surface area contributed by atoms with E-state index in [4.69, 9.17) is 10.5 Å². The molecule has 2 fully saturated rings. The van der Waals surface area contributed by atoms with Crippen LogP contribution in [0.2, 0.25) is 0 Å². The van der Waals surface area contributed by atoms with Crippen LogP contribution in [0.1, 0.15) is 19.3 Å². The third kappa shape index (κ3) is 2.55. The van der Waals surface area contributed by atoms with Gasteiger partial charge in [-0.3, -0.25) is 4.90 Å². The van der Waals surface area contributed by atoms with Crippen LogP contribution in [0.15, 0.2) is 0 Å². The molecule has 2 unspecified atom stereocenters. The lowest BCUT2D eigenvalue weighted by molar-refractivity contribution is 0.0342. The average Bonchev–Trinajstić information content (AvgIpc) is 2.80. The third-order valence-corrected chi connectivity index (χ3v) is 5.29. The van der Waals surface area contributed by atoms with Crippen molar-refractivity contribution in [2.75, 3.05) is 44.9 Å². The molecule has 0 aliphatic carbocycles. The number of thioether (sulfide) groups is 1. The van der Waals surface area contributed by atoms with Crippen molar-refractivity contribution < 1.29 is 4.74 Å². The molecule has 16 heavy (non-hydrogen) atoms. The first-order valence-corrected chi connectivity index (χ1v) is 7.48. The zero-order chi connectivity index (χ0) is 11.4. The SMILES string of the molecule is COCC1CCCN(C2(CN)CCSC2)C1. The number of methoxy groups -OCH3 is 1. The van der Waals surface area contributed by atoms with Gasteiger partial charge >= 0.3 is 0 Å². The topological polar surface area (TPSA) is 38.5 Å². The Hall–Kier alpha value is 0.230. The van der Waals surface area contributed by atoms with Crippen molar-refractivity contribution in [2.45, 2.75) is 24.8 Å². The zero-order valence-electron chi connectivity index (χ0n) is 10.3. The Morgan fingerprint density at radius 3 is 3.06 bits per heavy atom. The highest BCUT2D eigenvalue weighted by molar-refractivity contribution is 7.99. The van der Waals surface area contributed by atoms with Crippen LogP contribution in [-0.2, 0) is 4.74 Å². The van der Waals surface area contributed by atoms with Gasteiger partial charge in [0, 0.05) is 31.5 Å². The lowest BCUT2D eigenvalue weighted by atomic mass is 9.90. The lowest BCUT2D eigenvalue weighted by Gasteiger charge is -2.44. The van der Waals surface area contributed by atoms with Crippen LogP contribution in [-0.4, -0.2) is 55.3 Å². The van der Waals surface area contributed by atoms with E-state index in [0.717, 1.165) is 13.2 Å². The number of hydrogen-bond donors (Lipinski definition) is 1. The molecule has 2 atom stereocenters. The van der Waals surface area contributed by atoms with Crippen molar-refractivity contribution in [2.24, 2.45) is 11.7 Å². The molecule has 0 radical (unpaired) electrons. The molecule has 2 aliphatic rings. The molecular weight excluding hydrogens is 220 g/mol. The minimum atomic E-state index is 0.303. The molecule has 0 aromatic rings. The Morgan fingerprint density at radius 2 is 2.44 bits per heavy atom. The Balaban J connectivity index is 1.96. The van der Waals surface area contributed by atoms with Gasteiger partial charge in [-0.15, -0.1) is 0 Å². The number of rotatable bonds is 4. The van der Waals surface area contributed by atoms with E-state index in [-0.39, 0.29) is 0 Å². The summed E-state index contributed by atoms with van der Waals surface area (Å²) in [5, 5.41) is 0. The number of nitrogens with zero attached hydrogens (tertiary/aromatic N) is 1. The van der Waals surface area contributed by atoms with Crippen molar-refractivity contribution in [1.82, 2.24) is 4.90 Å². The normalized spacial score (nSPS) is 36.8. The number of hydrogen-bond acceptors (Lipinski definition) is 4. The second-order valence-corrected chi connectivity index (χ2v) is 6.25. The van der Waals surface area contributed by atoms with E-state index >= 15 is 0 Å². The summed E-state index contributed by atoms with van der Waals surface area (Å²) >= 11 is 2.06. The molecule has 2 heterocycles. The summed E-state index contributed by atoms with van der Waals surface area (Å²) in [6.45, 7) is 4.15. The number of likely N-dealkylation sites (tertiary alicyclic amines) is 1. The van der Waals surface area contributed by atoms with E-state index in [2.05, 4.69) is 16.7 Å². The van der Waals surface area contributed by atoms with Crippen molar-refractivity contribution in [3.63, 3.8) is 0 Å². The molecule has 2 saturated heterocycles. The first-order chi connectivity index (χ1) is 7.80. The van der Waals surface area contributed by atoms with Crippen LogP contribution in [0.3, 0.4) is 0 Å². The highest BCUT2D eigenvalue weighted by Gasteiger charge is 2.40. The maximum Gasteiger partial charge on any atom is 0.0502 e. The molecule has 0 spiro atoms. The Bertz CT molecular complexity index is 217. The summed E-state index contributed by atoms with van der Waals surface area (Å²) in [6, 6.07) is 0. The van der Waals surface area contributed by atoms with Gasteiger partial charge in [-0.25, -0.2) is 0 Å². The maximum atomic E-state index is 6.03. The van der Waals surface area contributed by atoms with E-state index in [1.807, 2.05) is 7.11 Å². The molecule has 0 aromatic carbocycles. The highest BCUT2D eigenvalue weighted by Crippen LogP contribution is 2.35. The summed E-state index contributed by atoms with van der Waals surface area (Å²) in [5.41, 5.74) is 6.34. The summed E-state index contributed by atoms with van der Waals surface area (Å²) < 4.78 is 5.30. The monoisotopic (exact) mass is 244 g/mol. The predicted octanol–water partition coefficient (Wildman–Crippen LogP) is 1.18. The van der Waals surface area contributed by atoms with Gasteiger partial charge in [0.1, 0.15) is 0 Å². The first kappa shape index (κ1) is 12.7. The molecular formula is C12H24N2OS. The number of piperidine rings is 1. The Morgan fingerprint density at radius 1 is 1.56 bits per heavy atom. The maximum absolute atomic E-state index is 6.03. The van der Waals surface area contributed by atoms with E-state index < -0.39 is 0 Å². The van der Waals surface area contributed by atoms with E-state index in [1.165, 1.54) is 43.9 Å². The van der Waals surface area contributed by atoms with Gasteiger partial charge in [0.15, 0.2) is 0 Å². The molecule has 2 rings (SSSR count). The van der Waals surface area contributed by atoms with E-state index in [1.54, 1.807) is 0 Å². The van der Waals surface area contributed by atoms with Crippen LogP contribution in [0.5, 0.6) is 0 Å². The standard InChI is InChI=1S/C12H24N2OS/c1-15-8-11-3-2-5-14(7-11)12(9-13)4-6-16-10-12/h11H,2-10,13H2,1H3. The molecule has 0 amide bonds. The predicted molar refractivity (Wildman–Crippen MR) is 69.9 cm³/mol. The number of ether oxygens (including phenoxy) is 1. The van der Waals surface area contributed by atoms with Gasteiger partial charge in [-0.2, -0.15) is 11.8 Å². The number of nitrogens with two attached hydrogens (primary N) is 1. The van der Waals surface area contributed by atoms with Crippen molar-refractivity contribution >= 4 is 11.8 Å². The van der Waals surface area contributed by atoms with Gasteiger partial charge < -0.3 is 10.5 Å². The fourth-order valence-corrected chi connectivity index (χ4v) is 4.50. The van der Waals surface area contributed by atoms with Gasteiger partial charge in [-0.1, -0.05) is 0 Å². The fourth-order valence-electron chi connectivity index (χ4n) is 3.00. The summed E-state index contributed by atoms with van der Waals surface area (Å²) in [4.78, 5) is 2.65. The Kier molecular flexibility index (Phi) is 4.53. The lowest BCUT2D eigenvalue weighted by Crippen LogP contribution is -2.57. The summed E-state index contributed by atoms with van der Waals surface area (Å²) in [7, 11) is 1.81. The molecule has 94 valence electrons. The third-order valence-electron chi connectivity index (χ3n) is 4.05. The highest BCUT2D eigenvalue weighted by atomic mass is 32.2. The van der Waals surface area contributed by atoms with Crippen molar-refractivity contribution in [3.8, 4) is 0 Å². The molecule has 0 aromatic heterocycles. The molecule has 0 saturated carbocycles. The van der Waals surface area contributed by atoms with Crippen LogP contribution < -0.4 is 5.73 Å². The minimum absolute atomic E-state index is 0.303.